The first-order valence-electron chi connectivity index (χ1n) is 8.80. The van der Waals surface area contributed by atoms with Gasteiger partial charge in [-0.3, -0.25) is 9.78 Å². The molecule has 1 heterocycles. The van der Waals surface area contributed by atoms with Crippen LogP contribution in [0.15, 0.2) is 48.8 Å². The SMILES string of the molecule is NCCC#Cc1ccncc1NC(=O)c1ccc(F)c(-c2c(F)cccc2F)c1F. The second-order valence-corrected chi connectivity index (χ2v) is 6.10. The molecule has 3 rings (SSSR count). The van der Waals surface area contributed by atoms with Crippen LogP contribution in [0.2, 0.25) is 0 Å². The topological polar surface area (TPSA) is 68.0 Å². The van der Waals surface area contributed by atoms with Crippen molar-refractivity contribution in [2.24, 2.45) is 5.73 Å². The number of amides is 1. The summed E-state index contributed by atoms with van der Waals surface area (Å²) in [5, 5.41) is 2.44. The van der Waals surface area contributed by atoms with E-state index in [1.165, 1.54) is 12.4 Å². The van der Waals surface area contributed by atoms with Crippen LogP contribution in [0.25, 0.3) is 11.1 Å². The number of nitrogens with two attached hydrogens (primary N) is 1. The number of anilines is 1. The Labute approximate surface area is 169 Å². The van der Waals surface area contributed by atoms with Crippen LogP contribution in [-0.2, 0) is 0 Å². The summed E-state index contributed by atoms with van der Waals surface area (Å²) >= 11 is 0. The molecule has 3 N–H and O–H groups in total. The van der Waals surface area contributed by atoms with Crippen LogP contribution in [0, 0.1) is 35.1 Å². The number of aromatic nitrogens is 1. The van der Waals surface area contributed by atoms with E-state index in [4.69, 9.17) is 5.73 Å². The van der Waals surface area contributed by atoms with Crippen LogP contribution in [-0.4, -0.2) is 17.4 Å². The summed E-state index contributed by atoms with van der Waals surface area (Å²) in [6.45, 7) is 0.357. The summed E-state index contributed by atoms with van der Waals surface area (Å²) in [7, 11) is 0. The Bertz CT molecular complexity index is 1150. The van der Waals surface area contributed by atoms with Gasteiger partial charge in [0.15, 0.2) is 0 Å². The maximum Gasteiger partial charge on any atom is 0.258 e. The van der Waals surface area contributed by atoms with E-state index in [-0.39, 0.29) is 5.69 Å². The fourth-order valence-electron chi connectivity index (χ4n) is 2.72. The number of pyridine rings is 1. The molecule has 0 atom stereocenters. The van der Waals surface area contributed by atoms with Gasteiger partial charge < -0.3 is 11.1 Å². The van der Waals surface area contributed by atoms with Crippen molar-refractivity contribution >= 4 is 11.6 Å². The number of carbonyl (C=O) groups is 1. The Morgan fingerprint density at radius 2 is 1.70 bits per heavy atom. The van der Waals surface area contributed by atoms with Gasteiger partial charge in [-0.15, -0.1) is 0 Å². The predicted octanol–water partition coefficient (Wildman–Crippen LogP) is 4.26. The number of rotatable bonds is 4. The van der Waals surface area contributed by atoms with E-state index in [1.54, 1.807) is 6.07 Å². The number of halogens is 4. The molecule has 0 saturated carbocycles. The van der Waals surface area contributed by atoms with Gasteiger partial charge >= 0.3 is 0 Å². The summed E-state index contributed by atoms with van der Waals surface area (Å²) in [5.41, 5.74) is 3.53. The smallest absolute Gasteiger partial charge is 0.258 e. The lowest BCUT2D eigenvalue weighted by Crippen LogP contribution is -2.16. The fraction of sp³-hybridized carbons (Fsp3) is 0.0909. The largest absolute Gasteiger partial charge is 0.330 e. The van der Waals surface area contributed by atoms with E-state index < -0.39 is 45.9 Å². The normalized spacial score (nSPS) is 10.3. The van der Waals surface area contributed by atoms with Gasteiger partial charge in [-0.1, -0.05) is 17.9 Å². The fourth-order valence-corrected chi connectivity index (χ4v) is 2.72. The average molecular weight is 413 g/mol. The molecule has 2 aromatic carbocycles. The molecule has 0 fully saturated rings. The van der Waals surface area contributed by atoms with Gasteiger partial charge in [0.1, 0.15) is 23.3 Å². The standard InChI is InChI=1S/C22H15F4N3O/c23-15-5-3-6-16(24)19(15)20-17(25)8-7-14(21(20)26)22(30)29-18-12-28-11-9-13(18)4-1-2-10-27/h3,5-9,11-12H,2,10,27H2,(H,29,30). The third kappa shape index (κ3) is 4.31. The Kier molecular flexibility index (Phi) is 6.45. The van der Waals surface area contributed by atoms with Crippen LogP contribution < -0.4 is 11.1 Å². The Morgan fingerprint density at radius 3 is 2.40 bits per heavy atom. The molecule has 0 aliphatic carbocycles. The molecule has 4 nitrogen and oxygen atoms in total. The molecule has 1 aromatic heterocycles. The zero-order chi connectivity index (χ0) is 21.7. The number of carbonyl (C=O) groups excluding carboxylic acids is 1. The lowest BCUT2D eigenvalue weighted by molar-refractivity contribution is 0.102. The molecule has 8 heteroatoms. The maximum absolute atomic E-state index is 15.0. The molecular weight excluding hydrogens is 398 g/mol. The van der Waals surface area contributed by atoms with Crippen LogP contribution in [0.1, 0.15) is 22.3 Å². The summed E-state index contributed by atoms with van der Waals surface area (Å²) in [6, 6.07) is 6.00. The molecule has 0 aliphatic rings. The summed E-state index contributed by atoms with van der Waals surface area (Å²) in [5.74, 6) is -0.256. The average Bonchev–Trinajstić information content (AvgIpc) is 2.71. The van der Waals surface area contributed by atoms with E-state index in [9.17, 15) is 22.4 Å². The Hall–Kier alpha value is -3.70. The number of hydrogen-bond donors (Lipinski definition) is 2. The Morgan fingerprint density at radius 1 is 1.00 bits per heavy atom. The Balaban J connectivity index is 2.01. The van der Waals surface area contributed by atoms with Crippen molar-refractivity contribution in [1.29, 1.82) is 0 Å². The zero-order valence-electron chi connectivity index (χ0n) is 15.5. The van der Waals surface area contributed by atoms with Gasteiger partial charge in [0, 0.05) is 19.2 Å². The van der Waals surface area contributed by atoms with E-state index >= 15 is 0 Å². The second-order valence-electron chi connectivity index (χ2n) is 6.10. The molecular formula is C22H15F4N3O. The molecule has 0 aliphatic heterocycles. The minimum absolute atomic E-state index is 0.189. The first kappa shape index (κ1) is 21.0. The van der Waals surface area contributed by atoms with Gasteiger partial charge in [-0.25, -0.2) is 17.6 Å². The van der Waals surface area contributed by atoms with Crippen molar-refractivity contribution in [2.45, 2.75) is 6.42 Å². The summed E-state index contributed by atoms with van der Waals surface area (Å²) < 4.78 is 57.4. The highest BCUT2D eigenvalue weighted by Gasteiger charge is 2.24. The van der Waals surface area contributed by atoms with Crippen LogP contribution in [0.4, 0.5) is 23.2 Å². The van der Waals surface area contributed by atoms with Crippen molar-refractivity contribution in [1.82, 2.24) is 4.98 Å². The number of benzene rings is 2. The molecule has 30 heavy (non-hydrogen) atoms. The molecule has 1 amide bonds. The zero-order valence-corrected chi connectivity index (χ0v) is 15.5. The van der Waals surface area contributed by atoms with E-state index in [2.05, 4.69) is 22.1 Å². The van der Waals surface area contributed by atoms with Gasteiger partial charge in [-0.2, -0.15) is 0 Å². The van der Waals surface area contributed by atoms with E-state index in [0.29, 0.717) is 18.5 Å². The van der Waals surface area contributed by atoms with Crippen LogP contribution >= 0.6 is 0 Å². The van der Waals surface area contributed by atoms with Gasteiger partial charge in [0.2, 0.25) is 0 Å². The number of hydrogen-bond acceptors (Lipinski definition) is 3. The first-order valence-corrected chi connectivity index (χ1v) is 8.80. The molecule has 0 radical (unpaired) electrons. The maximum atomic E-state index is 15.0. The lowest BCUT2D eigenvalue weighted by atomic mass is 9.99. The third-order valence-corrected chi connectivity index (χ3v) is 4.11. The van der Waals surface area contributed by atoms with Gasteiger partial charge in [-0.05, 0) is 30.3 Å². The van der Waals surface area contributed by atoms with Crippen molar-refractivity contribution in [3.63, 3.8) is 0 Å². The van der Waals surface area contributed by atoms with Gasteiger partial charge in [0.05, 0.1) is 34.1 Å². The van der Waals surface area contributed by atoms with Crippen molar-refractivity contribution in [3.8, 4) is 23.0 Å². The molecule has 152 valence electrons. The van der Waals surface area contributed by atoms with Crippen molar-refractivity contribution in [3.05, 3.63) is 83.2 Å². The quantitative estimate of drug-likeness (QED) is 0.496. The van der Waals surface area contributed by atoms with Gasteiger partial charge in [0.25, 0.3) is 5.91 Å². The van der Waals surface area contributed by atoms with E-state index in [1.807, 2.05) is 0 Å². The van der Waals surface area contributed by atoms with Crippen LogP contribution in [0.3, 0.4) is 0 Å². The lowest BCUT2D eigenvalue weighted by Gasteiger charge is -2.12. The number of nitrogens with zero attached hydrogens (tertiary/aromatic N) is 1. The van der Waals surface area contributed by atoms with Crippen LogP contribution in [0.5, 0.6) is 0 Å². The first-order chi connectivity index (χ1) is 14.4. The highest BCUT2D eigenvalue weighted by Crippen LogP contribution is 2.32. The molecule has 0 spiro atoms. The number of nitrogens with one attached hydrogen (secondary N) is 1. The molecule has 0 bridgehead atoms. The monoisotopic (exact) mass is 413 g/mol. The second kappa shape index (κ2) is 9.20. The van der Waals surface area contributed by atoms with E-state index in [0.717, 1.165) is 30.3 Å². The molecule has 0 saturated heterocycles. The van der Waals surface area contributed by atoms with Crippen molar-refractivity contribution in [2.75, 3.05) is 11.9 Å². The third-order valence-electron chi connectivity index (χ3n) is 4.11. The minimum Gasteiger partial charge on any atom is -0.330 e. The molecule has 3 aromatic rings. The highest BCUT2D eigenvalue weighted by molar-refractivity contribution is 6.05. The molecule has 0 unspecified atom stereocenters. The minimum atomic E-state index is -1.39. The summed E-state index contributed by atoms with van der Waals surface area (Å²) in [4.78, 5) is 16.5. The predicted molar refractivity (Wildman–Crippen MR) is 104 cm³/mol. The highest BCUT2D eigenvalue weighted by atomic mass is 19.1. The summed E-state index contributed by atoms with van der Waals surface area (Å²) in [6.07, 6.45) is 3.20. The van der Waals surface area contributed by atoms with Crippen molar-refractivity contribution < 1.29 is 22.4 Å².